The number of nitrogens with zero attached hydrogens (tertiary/aromatic N) is 3. The van der Waals surface area contributed by atoms with Crippen LogP contribution in [0.2, 0.25) is 0 Å². The number of hydrogen-bond donors (Lipinski definition) is 1. The summed E-state index contributed by atoms with van der Waals surface area (Å²) in [6.45, 7) is 5.79. The Hall–Kier alpha value is -1.46. The topological polar surface area (TPSA) is 96.3 Å². The fraction of sp³-hybridized carbons (Fsp3) is 0.923. The maximum Gasteiger partial charge on any atom is 0.407 e. The molecular formula is C13H22N4O3. The predicted octanol–water partition coefficient (Wildman–Crippen LogP) is 2.76. The molecule has 1 aliphatic carbocycles. The van der Waals surface area contributed by atoms with Crippen LogP contribution in [-0.2, 0) is 9.47 Å². The Bertz CT molecular complexity index is 410. The molecule has 0 aromatic rings. The largest absolute Gasteiger partial charge is 0.444 e. The summed E-state index contributed by atoms with van der Waals surface area (Å²) < 4.78 is 11.0. The van der Waals surface area contributed by atoms with Crippen molar-refractivity contribution in [1.82, 2.24) is 5.32 Å². The fourth-order valence-electron chi connectivity index (χ4n) is 2.63. The molecule has 112 valence electrons. The van der Waals surface area contributed by atoms with Crippen molar-refractivity contribution < 1.29 is 14.3 Å². The summed E-state index contributed by atoms with van der Waals surface area (Å²) in [4.78, 5) is 14.8. The van der Waals surface area contributed by atoms with Gasteiger partial charge < -0.3 is 14.8 Å². The zero-order chi connectivity index (χ0) is 14.8. The van der Waals surface area contributed by atoms with E-state index in [-0.39, 0.29) is 18.2 Å². The molecule has 7 heteroatoms. The van der Waals surface area contributed by atoms with Crippen LogP contribution in [0.5, 0.6) is 0 Å². The Labute approximate surface area is 118 Å². The van der Waals surface area contributed by atoms with Gasteiger partial charge in [-0.2, -0.15) is 0 Å². The van der Waals surface area contributed by atoms with Gasteiger partial charge in [0.1, 0.15) is 5.60 Å². The first kappa shape index (κ1) is 14.9. The van der Waals surface area contributed by atoms with Crippen LogP contribution >= 0.6 is 0 Å². The third kappa shape index (κ3) is 3.55. The maximum atomic E-state index is 11.9. The van der Waals surface area contributed by atoms with Gasteiger partial charge in [0.15, 0.2) is 0 Å². The fourth-order valence-corrected chi connectivity index (χ4v) is 2.63. The second-order valence-electron chi connectivity index (χ2n) is 6.43. The number of hydrogen-bond acceptors (Lipinski definition) is 4. The average molecular weight is 282 g/mol. The van der Waals surface area contributed by atoms with Crippen molar-refractivity contribution in [2.45, 2.75) is 63.8 Å². The summed E-state index contributed by atoms with van der Waals surface area (Å²) in [5, 5.41) is 6.55. The Kier molecular flexibility index (Phi) is 4.40. The maximum absolute atomic E-state index is 11.9. The Morgan fingerprint density at radius 1 is 1.45 bits per heavy atom. The van der Waals surface area contributed by atoms with Gasteiger partial charge in [0.05, 0.1) is 24.8 Å². The summed E-state index contributed by atoms with van der Waals surface area (Å²) in [5.41, 5.74) is 8.07. The van der Waals surface area contributed by atoms with Crippen LogP contribution in [-0.4, -0.2) is 36.5 Å². The lowest BCUT2D eigenvalue weighted by atomic mass is 9.78. The van der Waals surface area contributed by atoms with E-state index in [1.165, 1.54) is 6.42 Å². The van der Waals surface area contributed by atoms with Crippen molar-refractivity contribution in [2.24, 2.45) is 11.0 Å². The number of carbonyl (C=O) groups is 1. The molecule has 3 atom stereocenters. The number of rotatable bonds is 3. The number of nitrogens with one attached hydrogen (secondary N) is 1. The van der Waals surface area contributed by atoms with Crippen LogP contribution in [0.3, 0.4) is 0 Å². The van der Waals surface area contributed by atoms with Crippen molar-refractivity contribution in [3.63, 3.8) is 0 Å². The number of azide groups is 1. The number of alkyl carbamates (subject to hydrolysis) is 1. The van der Waals surface area contributed by atoms with Gasteiger partial charge in [0, 0.05) is 4.91 Å². The van der Waals surface area contributed by atoms with E-state index in [2.05, 4.69) is 15.3 Å². The zero-order valence-corrected chi connectivity index (χ0v) is 12.2. The molecule has 1 N–H and O–H groups in total. The van der Waals surface area contributed by atoms with Gasteiger partial charge in [0.25, 0.3) is 0 Å². The molecule has 2 fully saturated rings. The second kappa shape index (κ2) is 5.89. The minimum absolute atomic E-state index is 0.0771. The highest BCUT2D eigenvalue weighted by atomic mass is 16.6. The second-order valence-corrected chi connectivity index (χ2v) is 6.43. The molecule has 1 amide bonds. The normalized spacial score (nSPS) is 30.2. The Balaban J connectivity index is 2.02. The molecule has 0 bridgehead atoms. The van der Waals surface area contributed by atoms with Crippen LogP contribution in [0, 0.1) is 5.92 Å². The summed E-state index contributed by atoms with van der Waals surface area (Å²) in [6.07, 6.45) is 2.82. The molecule has 0 aromatic heterocycles. The minimum atomic E-state index is -0.552. The molecular weight excluding hydrogens is 260 g/mol. The van der Waals surface area contributed by atoms with Crippen molar-refractivity contribution in [2.75, 3.05) is 6.61 Å². The highest BCUT2D eigenvalue weighted by Gasteiger charge is 2.44. The van der Waals surface area contributed by atoms with Crippen molar-refractivity contribution in [1.29, 1.82) is 0 Å². The molecule has 0 spiro atoms. The summed E-state index contributed by atoms with van der Waals surface area (Å²) in [6, 6.07) is -0.663. The molecule has 2 rings (SSSR count). The molecule has 1 aliphatic heterocycles. The molecule has 20 heavy (non-hydrogen) atoms. The van der Waals surface area contributed by atoms with Crippen LogP contribution in [0.4, 0.5) is 4.79 Å². The van der Waals surface area contributed by atoms with E-state index in [4.69, 9.17) is 15.0 Å². The molecule has 7 nitrogen and oxygen atoms in total. The van der Waals surface area contributed by atoms with E-state index in [0.29, 0.717) is 12.5 Å². The van der Waals surface area contributed by atoms with E-state index in [0.717, 1.165) is 12.8 Å². The van der Waals surface area contributed by atoms with Crippen molar-refractivity contribution >= 4 is 6.09 Å². The predicted molar refractivity (Wildman–Crippen MR) is 73.2 cm³/mol. The van der Waals surface area contributed by atoms with Crippen LogP contribution in [0.15, 0.2) is 5.11 Å². The Morgan fingerprint density at radius 2 is 2.15 bits per heavy atom. The number of amides is 1. The summed E-state index contributed by atoms with van der Waals surface area (Å²) in [5.74, 6) is 0.439. The van der Waals surface area contributed by atoms with Gasteiger partial charge >= 0.3 is 6.09 Å². The average Bonchev–Trinajstić information content (AvgIpc) is 2.58. The molecule has 2 unspecified atom stereocenters. The van der Waals surface area contributed by atoms with E-state index in [1.54, 1.807) is 0 Å². The highest BCUT2D eigenvalue weighted by Crippen LogP contribution is 2.36. The monoisotopic (exact) mass is 282 g/mol. The number of ether oxygens (including phenoxy) is 2. The quantitative estimate of drug-likeness (QED) is 0.489. The standard InChI is InChI=1S/C13H22N4O3/c1-13(2,3)20-12(18)15-10-9(16-17-14)7-19-11(10)8-5-4-6-8/h8-11H,4-7H2,1-3H3,(H,15,18)/t9?,10-,11?/m1/s1. The Morgan fingerprint density at radius 3 is 2.65 bits per heavy atom. The van der Waals surface area contributed by atoms with Gasteiger partial charge in [-0.15, -0.1) is 0 Å². The molecule has 0 radical (unpaired) electrons. The van der Waals surface area contributed by atoms with Gasteiger partial charge in [-0.05, 0) is 45.1 Å². The lowest BCUT2D eigenvalue weighted by molar-refractivity contribution is 0.0120. The van der Waals surface area contributed by atoms with E-state index >= 15 is 0 Å². The third-order valence-electron chi connectivity index (χ3n) is 3.73. The first-order chi connectivity index (χ1) is 9.40. The van der Waals surface area contributed by atoms with Gasteiger partial charge in [-0.1, -0.05) is 11.5 Å². The van der Waals surface area contributed by atoms with E-state index in [1.807, 2.05) is 20.8 Å². The molecule has 1 heterocycles. The minimum Gasteiger partial charge on any atom is -0.444 e. The molecule has 0 aromatic carbocycles. The lowest BCUT2D eigenvalue weighted by Crippen LogP contribution is -2.50. The SMILES string of the molecule is CC(C)(C)OC(=O)N[C@@H]1C(N=[N+]=[N-])COC1C1CCC1. The first-order valence-electron chi connectivity index (χ1n) is 7.06. The zero-order valence-electron chi connectivity index (χ0n) is 12.2. The number of carbonyl (C=O) groups excluding carboxylic acids is 1. The van der Waals surface area contributed by atoms with Crippen molar-refractivity contribution in [3.8, 4) is 0 Å². The third-order valence-corrected chi connectivity index (χ3v) is 3.73. The van der Waals surface area contributed by atoms with Gasteiger partial charge in [-0.3, -0.25) is 0 Å². The van der Waals surface area contributed by atoms with Gasteiger partial charge in [0.2, 0.25) is 0 Å². The van der Waals surface area contributed by atoms with Crippen LogP contribution in [0.1, 0.15) is 40.0 Å². The molecule has 2 aliphatic rings. The van der Waals surface area contributed by atoms with E-state index < -0.39 is 11.7 Å². The lowest BCUT2D eigenvalue weighted by Gasteiger charge is -2.35. The molecule has 1 saturated heterocycles. The summed E-state index contributed by atoms with van der Waals surface area (Å²) >= 11 is 0. The smallest absolute Gasteiger partial charge is 0.407 e. The first-order valence-corrected chi connectivity index (χ1v) is 7.06. The van der Waals surface area contributed by atoms with Gasteiger partial charge in [-0.25, -0.2) is 4.79 Å². The van der Waals surface area contributed by atoms with Crippen molar-refractivity contribution in [3.05, 3.63) is 10.4 Å². The van der Waals surface area contributed by atoms with E-state index in [9.17, 15) is 4.79 Å². The molecule has 1 saturated carbocycles. The van der Waals surface area contributed by atoms with Crippen LogP contribution < -0.4 is 5.32 Å². The summed E-state index contributed by atoms with van der Waals surface area (Å²) in [7, 11) is 0. The van der Waals surface area contributed by atoms with Crippen LogP contribution in [0.25, 0.3) is 10.4 Å². The highest BCUT2D eigenvalue weighted by molar-refractivity contribution is 5.68.